The van der Waals surface area contributed by atoms with Crippen LogP contribution in [0.4, 0.5) is 4.39 Å². The highest BCUT2D eigenvalue weighted by Crippen LogP contribution is 2.06. The van der Waals surface area contributed by atoms with E-state index in [1.54, 1.807) is 0 Å². The quantitative estimate of drug-likeness (QED) is 0.492. The van der Waals surface area contributed by atoms with Gasteiger partial charge in [0, 0.05) is 13.0 Å². The number of hydrogen-bond donors (Lipinski definition) is 2. The molecule has 0 spiro atoms. The molecule has 1 aliphatic rings. The summed E-state index contributed by atoms with van der Waals surface area (Å²) in [5.41, 5.74) is 0. The molecular formula is C5H9FN2O. The minimum atomic E-state index is -0.803. The smallest absolute Gasteiger partial charge is 0.208 e. The van der Waals surface area contributed by atoms with Crippen molar-refractivity contribution < 1.29 is 9.18 Å². The van der Waals surface area contributed by atoms with E-state index in [0.29, 0.717) is 19.4 Å². The van der Waals surface area contributed by atoms with Crippen molar-refractivity contribution in [2.45, 2.75) is 18.8 Å². The van der Waals surface area contributed by atoms with Crippen LogP contribution in [-0.4, -0.2) is 25.3 Å². The molecular weight excluding hydrogens is 123 g/mol. The molecule has 0 unspecified atom stereocenters. The Morgan fingerprint density at radius 3 is 3.00 bits per heavy atom. The van der Waals surface area contributed by atoms with Crippen LogP contribution in [0.2, 0.25) is 0 Å². The molecule has 2 N–H and O–H groups in total. The average Bonchev–Trinajstić information content (AvgIpc) is 2.17. The third-order valence-electron chi connectivity index (χ3n) is 1.35. The predicted octanol–water partition coefficient (Wildman–Crippen LogP) is -0.610. The van der Waals surface area contributed by atoms with E-state index < -0.39 is 6.17 Å². The minimum absolute atomic E-state index is 0.155. The fraction of sp³-hybridized carbons (Fsp3) is 0.800. The molecule has 0 aliphatic carbocycles. The molecule has 1 rings (SSSR count). The third-order valence-corrected chi connectivity index (χ3v) is 1.35. The van der Waals surface area contributed by atoms with Crippen LogP contribution < -0.4 is 10.6 Å². The Hall–Kier alpha value is -0.640. The minimum Gasteiger partial charge on any atom is -0.343 e. The Morgan fingerprint density at radius 1 is 1.78 bits per heavy atom. The van der Waals surface area contributed by atoms with Crippen molar-refractivity contribution in [2.75, 3.05) is 6.54 Å². The summed E-state index contributed by atoms with van der Waals surface area (Å²) in [5, 5.41) is 5.23. The molecule has 4 heteroatoms. The van der Waals surface area contributed by atoms with E-state index in [0.717, 1.165) is 0 Å². The van der Waals surface area contributed by atoms with E-state index in [1.165, 1.54) is 0 Å². The standard InChI is InChI=1S/C5H9FN2O/c6-4-1-5(7-2-4)8-3-9/h3-5,7H,1-2H2,(H,8,9)/t4-,5-/m0/s1. The molecule has 1 aliphatic heterocycles. The average molecular weight is 132 g/mol. The van der Waals surface area contributed by atoms with Gasteiger partial charge in [-0.05, 0) is 0 Å². The summed E-state index contributed by atoms with van der Waals surface area (Å²) in [6.45, 7) is 0.353. The molecule has 1 heterocycles. The maximum absolute atomic E-state index is 12.3. The van der Waals surface area contributed by atoms with Crippen molar-refractivity contribution in [3.8, 4) is 0 Å². The molecule has 1 amide bonds. The predicted molar refractivity (Wildman–Crippen MR) is 30.5 cm³/mol. The van der Waals surface area contributed by atoms with Crippen molar-refractivity contribution in [1.29, 1.82) is 0 Å². The highest BCUT2D eigenvalue weighted by atomic mass is 19.1. The Bertz CT molecular complexity index is 109. The molecule has 2 atom stereocenters. The Labute approximate surface area is 52.6 Å². The van der Waals surface area contributed by atoms with Gasteiger partial charge in [-0.25, -0.2) is 4.39 Å². The van der Waals surface area contributed by atoms with Gasteiger partial charge in [0.05, 0.1) is 6.17 Å². The Balaban J connectivity index is 2.21. The lowest BCUT2D eigenvalue weighted by atomic mass is 10.3. The maximum atomic E-state index is 12.3. The van der Waals surface area contributed by atoms with Gasteiger partial charge in [-0.1, -0.05) is 0 Å². The monoisotopic (exact) mass is 132 g/mol. The zero-order chi connectivity index (χ0) is 6.69. The fourth-order valence-corrected chi connectivity index (χ4v) is 0.902. The molecule has 9 heavy (non-hydrogen) atoms. The maximum Gasteiger partial charge on any atom is 0.208 e. The number of rotatable bonds is 2. The van der Waals surface area contributed by atoms with Gasteiger partial charge in [0.2, 0.25) is 6.41 Å². The van der Waals surface area contributed by atoms with Gasteiger partial charge < -0.3 is 5.32 Å². The highest BCUT2D eigenvalue weighted by Gasteiger charge is 2.22. The second-order valence-corrected chi connectivity index (χ2v) is 2.08. The molecule has 0 bridgehead atoms. The van der Waals surface area contributed by atoms with E-state index in [1.807, 2.05) is 0 Å². The van der Waals surface area contributed by atoms with Gasteiger partial charge in [0.15, 0.2) is 0 Å². The molecule has 1 fully saturated rings. The Kier molecular flexibility index (Phi) is 2.00. The summed E-state index contributed by atoms with van der Waals surface area (Å²) in [4.78, 5) is 9.79. The van der Waals surface area contributed by atoms with Crippen LogP contribution in [0, 0.1) is 0 Å². The summed E-state index contributed by atoms with van der Waals surface area (Å²) >= 11 is 0. The second-order valence-electron chi connectivity index (χ2n) is 2.08. The first-order chi connectivity index (χ1) is 4.33. The zero-order valence-electron chi connectivity index (χ0n) is 4.93. The number of carbonyl (C=O) groups is 1. The molecule has 0 aromatic heterocycles. The molecule has 0 aromatic carbocycles. The third kappa shape index (κ3) is 1.64. The summed E-state index contributed by atoms with van der Waals surface area (Å²) in [6, 6.07) is 0. The molecule has 3 nitrogen and oxygen atoms in total. The first-order valence-electron chi connectivity index (χ1n) is 2.90. The van der Waals surface area contributed by atoms with Gasteiger partial charge in [0.1, 0.15) is 6.17 Å². The van der Waals surface area contributed by atoms with Crippen LogP contribution in [0.3, 0.4) is 0 Å². The number of halogens is 1. The molecule has 0 radical (unpaired) electrons. The van der Waals surface area contributed by atoms with E-state index in [2.05, 4.69) is 10.6 Å². The number of alkyl halides is 1. The number of carbonyl (C=O) groups excluding carboxylic acids is 1. The lowest BCUT2D eigenvalue weighted by Gasteiger charge is -2.05. The summed E-state index contributed by atoms with van der Waals surface area (Å²) in [6.07, 6.45) is 0.00833. The van der Waals surface area contributed by atoms with Crippen molar-refractivity contribution in [2.24, 2.45) is 0 Å². The van der Waals surface area contributed by atoms with Gasteiger partial charge in [-0.15, -0.1) is 0 Å². The number of nitrogens with one attached hydrogen (secondary N) is 2. The van der Waals surface area contributed by atoms with Crippen LogP contribution in [0.15, 0.2) is 0 Å². The molecule has 0 saturated carbocycles. The second kappa shape index (κ2) is 2.77. The van der Waals surface area contributed by atoms with Crippen LogP contribution in [0.1, 0.15) is 6.42 Å². The summed E-state index contributed by atoms with van der Waals surface area (Å²) < 4.78 is 12.3. The van der Waals surface area contributed by atoms with Gasteiger partial charge in [-0.2, -0.15) is 0 Å². The van der Waals surface area contributed by atoms with Gasteiger partial charge in [0.25, 0.3) is 0 Å². The van der Waals surface area contributed by atoms with Gasteiger partial charge in [-0.3, -0.25) is 10.1 Å². The Morgan fingerprint density at radius 2 is 2.56 bits per heavy atom. The van der Waals surface area contributed by atoms with Crippen LogP contribution in [0.5, 0.6) is 0 Å². The molecule has 0 aromatic rings. The first-order valence-corrected chi connectivity index (χ1v) is 2.90. The van der Waals surface area contributed by atoms with Gasteiger partial charge >= 0.3 is 0 Å². The van der Waals surface area contributed by atoms with E-state index in [4.69, 9.17) is 0 Å². The van der Waals surface area contributed by atoms with Crippen molar-refractivity contribution in [3.05, 3.63) is 0 Å². The number of amides is 1. The van der Waals surface area contributed by atoms with Crippen LogP contribution in [-0.2, 0) is 4.79 Å². The SMILES string of the molecule is O=CN[C@H]1C[C@H](F)CN1. The van der Waals surface area contributed by atoms with E-state index in [9.17, 15) is 9.18 Å². The molecule has 1 saturated heterocycles. The number of hydrogen-bond acceptors (Lipinski definition) is 2. The molecule has 52 valence electrons. The highest BCUT2D eigenvalue weighted by molar-refractivity contribution is 5.46. The van der Waals surface area contributed by atoms with Crippen molar-refractivity contribution >= 4 is 6.41 Å². The topological polar surface area (TPSA) is 41.1 Å². The lowest BCUT2D eigenvalue weighted by Crippen LogP contribution is -2.35. The lowest BCUT2D eigenvalue weighted by molar-refractivity contribution is -0.110. The van der Waals surface area contributed by atoms with Crippen molar-refractivity contribution in [1.82, 2.24) is 10.6 Å². The largest absolute Gasteiger partial charge is 0.343 e. The summed E-state index contributed by atoms with van der Waals surface area (Å²) in [5.74, 6) is 0. The summed E-state index contributed by atoms with van der Waals surface area (Å²) in [7, 11) is 0. The van der Waals surface area contributed by atoms with Crippen molar-refractivity contribution in [3.63, 3.8) is 0 Å². The van der Waals surface area contributed by atoms with E-state index in [-0.39, 0.29) is 6.17 Å². The fourth-order valence-electron chi connectivity index (χ4n) is 0.902. The van der Waals surface area contributed by atoms with Crippen LogP contribution in [0.25, 0.3) is 0 Å². The van der Waals surface area contributed by atoms with Crippen LogP contribution >= 0.6 is 0 Å². The zero-order valence-corrected chi connectivity index (χ0v) is 4.93. The first kappa shape index (κ1) is 6.48. The van der Waals surface area contributed by atoms with E-state index >= 15 is 0 Å². The normalized spacial score (nSPS) is 34.3.